The van der Waals surface area contributed by atoms with E-state index < -0.39 is 17.7 Å². The van der Waals surface area contributed by atoms with Gasteiger partial charge in [0.05, 0.1) is 11.6 Å². The largest absolute Gasteiger partial charge is 0.507 e. The molecule has 1 atom stereocenters. The molecule has 4 rings (SSSR count). The predicted octanol–water partition coefficient (Wildman–Crippen LogP) is 6.88. The lowest BCUT2D eigenvalue weighted by molar-refractivity contribution is -0.132. The van der Waals surface area contributed by atoms with E-state index in [9.17, 15) is 14.7 Å². The molecule has 3 aromatic rings. The van der Waals surface area contributed by atoms with E-state index in [4.69, 9.17) is 11.6 Å². The van der Waals surface area contributed by atoms with Crippen LogP contribution in [0, 0.1) is 13.8 Å². The van der Waals surface area contributed by atoms with Crippen LogP contribution in [0.3, 0.4) is 0 Å². The fourth-order valence-electron chi connectivity index (χ4n) is 4.18. The van der Waals surface area contributed by atoms with E-state index in [1.807, 2.05) is 56.3 Å². The normalized spacial score (nSPS) is 17.9. The van der Waals surface area contributed by atoms with Gasteiger partial charge in [0, 0.05) is 16.3 Å². The third-order valence-electron chi connectivity index (χ3n) is 6.30. The Morgan fingerprint density at radius 3 is 2.09 bits per heavy atom. The van der Waals surface area contributed by atoms with E-state index in [0.29, 0.717) is 16.3 Å². The molecule has 1 N–H and O–H groups in total. The number of carbonyl (C=O) groups is 2. The zero-order valence-corrected chi connectivity index (χ0v) is 20.8. The molecule has 0 aromatic heterocycles. The first kappa shape index (κ1) is 23.8. The Balaban J connectivity index is 1.93. The van der Waals surface area contributed by atoms with E-state index in [2.05, 4.69) is 20.8 Å². The summed E-state index contributed by atoms with van der Waals surface area (Å²) in [7, 11) is 0. The van der Waals surface area contributed by atoms with Crippen molar-refractivity contribution in [3.8, 4) is 0 Å². The lowest BCUT2D eigenvalue weighted by Crippen LogP contribution is -2.29. The summed E-state index contributed by atoms with van der Waals surface area (Å²) in [6.07, 6.45) is 0. The highest BCUT2D eigenvalue weighted by Gasteiger charge is 2.47. The Kier molecular flexibility index (Phi) is 6.13. The molecule has 1 heterocycles. The van der Waals surface area contributed by atoms with Crippen LogP contribution >= 0.6 is 11.6 Å². The number of benzene rings is 3. The fourth-order valence-corrected chi connectivity index (χ4v) is 4.35. The maximum absolute atomic E-state index is 13.3. The molecule has 1 fully saturated rings. The van der Waals surface area contributed by atoms with Gasteiger partial charge in [-0.1, -0.05) is 92.5 Å². The molecule has 0 aliphatic carbocycles. The van der Waals surface area contributed by atoms with Crippen LogP contribution in [-0.4, -0.2) is 16.8 Å². The van der Waals surface area contributed by atoms with Crippen molar-refractivity contribution in [1.29, 1.82) is 0 Å². The third-order valence-corrected chi connectivity index (χ3v) is 6.70. The molecule has 1 aliphatic rings. The number of aliphatic hydroxyl groups excluding tert-OH is 1. The Morgan fingerprint density at radius 2 is 1.53 bits per heavy atom. The molecule has 3 aromatic carbocycles. The summed E-state index contributed by atoms with van der Waals surface area (Å²) in [4.78, 5) is 28.0. The minimum atomic E-state index is -0.783. The molecule has 4 nitrogen and oxygen atoms in total. The molecule has 1 amide bonds. The SMILES string of the molecule is Cc1ccc(/C(O)=C2\C(=O)C(=O)N(c3ccc(C)c(Cl)c3)C2c2ccc(C(C)(C)C)cc2)cc1. The molecular formula is C29H28ClNO3. The highest BCUT2D eigenvalue weighted by Crippen LogP contribution is 2.43. The number of Topliss-reactive ketones (excluding diaryl/α,β-unsaturated/α-hetero) is 1. The van der Waals surface area contributed by atoms with Crippen LogP contribution in [0.1, 0.15) is 54.6 Å². The molecule has 0 saturated carbocycles. The van der Waals surface area contributed by atoms with Crippen LogP contribution in [0.4, 0.5) is 5.69 Å². The van der Waals surface area contributed by atoms with Crippen molar-refractivity contribution < 1.29 is 14.7 Å². The van der Waals surface area contributed by atoms with Crippen molar-refractivity contribution in [3.63, 3.8) is 0 Å². The molecule has 0 radical (unpaired) electrons. The second kappa shape index (κ2) is 8.77. The van der Waals surface area contributed by atoms with Gasteiger partial charge < -0.3 is 5.11 Å². The molecular weight excluding hydrogens is 446 g/mol. The van der Waals surface area contributed by atoms with Crippen LogP contribution in [0.2, 0.25) is 5.02 Å². The van der Waals surface area contributed by atoms with Gasteiger partial charge in [0.25, 0.3) is 11.7 Å². The number of aliphatic hydroxyl groups is 1. The molecule has 1 saturated heterocycles. The minimum absolute atomic E-state index is 0.0489. The Morgan fingerprint density at radius 1 is 0.912 bits per heavy atom. The van der Waals surface area contributed by atoms with Crippen LogP contribution in [0.25, 0.3) is 5.76 Å². The molecule has 0 bridgehead atoms. The molecule has 1 aliphatic heterocycles. The number of halogens is 1. The highest BCUT2D eigenvalue weighted by atomic mass is 35.5. The summed E-state index contributed by atoms with van der Waals surface area (Å²) in [5.41, 5.74) is 4.77. The number of ketones is 1. The van der Waals surface area contributed by atoms with E-state index >= 15 is 0 Å². The maximum atomic E-state index is 13.3. The molecule has 34 heavy (non-hydrogen) atoms. The van der Waals surface area contributed by atoms with Gasteiger partial charge in [0.1, 0.15) is 5.76 Å². The van der Waals surface area contributed by atoms with Crippen LogP contribution in [0.5, 0.6) is 0 Å². The molecule has 1 unspecified atom stereocenters. The second-order valence-corrected chi connectivity index (χ2v) is 10.2. The zero-order valence-electron chi connectivity index (χ0n) is 20.0. The molecule has 5 heteroatoms. The van der Waals surface area contributed by atoms with Gasteiger partial charge in [0.15, 0.2) is 0 Å². The standard InChI is InChI=1S/C29H28ClNO3/c1-17-6-9-20(10-7-17)26(32)24-25(19-11-13-21(14-12-19)29(3,4)5)31(28(34)27(24)33)22-15-8-18(2)23(30)16-22/h6-16,25,32H,1-5H3/b26-24+. The quantitative estimate of drug-likeness (QED) is 0.256. The first-order valence-electron chi connectivity index (χ1n) is 11.2. The number of hydrogen-bond donors (Lipinski definition) is 1. The van der Waals surface area contributed by atoms with Gasteiger partial charge in [0.2, 0.25) is 0 Å². The van der Waals surface area contributed by atoms with Crippen molar-refractivity contribution in [1.82, 2.24) is 0 Å². The summed E-state index contributed by atoms with van der Waals surface area (Å²) in [5.74, 6) is -1.61. The maximum Gasteiger partial charge on any atom is 0.300 e. The number of aryl methyl sites for hydroxylation is 2. The lowest BCUT2D eigenvalue weighted by Gasteiger charge is -2.27. The first-order chi connectivity index (χ1) is 16.0. The monoisotopic (exact) mass is 473 g/mol. The lowest BCUT2D eigenvalue weighted by atomic mass is 9.85. The van der Waals surface area contributed by atoms with Gasteiger partial charge in [-0.25, -0.2) is 0 Å². The number of carbonyl (C=O) groups excluding carboxylic acids is 2. The number of hydrogen-bond acceptors (Lipinski definition) is 3. The summed E-state index contributed by atoms with van der Waals surface area (Å²) in [6.45, 7) is 10.2. The Bertz CT molecular complexity index is 1300. The van der Waals surface area contributed by atoms with Crippen LogP contribution in [0.15, 0.2) is 72.3 Å². The topological polar surface area (TPSA) is 57.6 Å². The van der Waals surface area contributed by atoms with E-state index in [1.165, 1.54) is 4.90 Å². The van der Waals surface area contributed by atoms with E-state index in [-0.39, 0.29) is 16.7 Å². The van der Waals surface area contributed by atoms with Crippen molar-refractivity contribution in [2.75, 3.05) is 4.90 Å². The highest BCUT2D eigenvalue weighted by molar-refractivity contribution is 6.51. The second-order valence-electron chi connectivity index (χ2n) is 9.84. The van der Waals surface area contributed by atoms with Crippen molar-refractivity contribution in [2.45, 2.75) is 46.1 Å². The number of rotatable bonds is 3. The zero-order chi connectivity index (χ0) is 24.8. The van der Waals surface area contributed by atoms with Gasteiger partial charge in [-0.3, -0.25) is 14.5 Å². The summed E-state index contributed by atoms with van der Waals surface area (Å²) in [6, 6.07) is 19.6. The van der Waals surface area contributed by atoms with Crippen LogP contribution < -0.4 is 4.90 Å². The number of anilines is 1. The van der Waals surface area contributed by atoms with Gasteiger partial charge >= 0.3 is 0 Å². The first-order valence-corrected chi connectivity index (χ1v) is 11.6. The van der Waals surface area contributed by atoms with Crippen molar-refractivity contribution in [2.24, 2.45) is 0 Å². The summed E-state index contributed by atoms with van der Waals surface area (Å²) < 4.78 is 0. The average Bonchev–Trinajstić information content (AvgIpc) is 3.06. The smallest absolute Gasteiger partial charge is 0.300 e. The van der Waals surface area contributed by atoms with Crippen molar-refractivity contribution >= 4 is 34.7 Å². The summed E-state index contributed by atoms with van der Waals surface area (Å²) in [5, 5.41) is 11.7. The fraction of sp³-hybridized carbons (Fsp3) is 0.241. The Labute approximate surface area is 205 Å². The number of amides is 1. The van der Waals surface area contributed by atoms with Gasteiger partial charge in [-0.2, -0.15) is 0 Å². The average molecular weight is 474 g/mol. The molecule has 174 valence electrons. The predicted molar refractivity (Wildman–Crippen MR) is 137 cm³/mol. The van der Waals surface area contributed by atoms with Gasteiger partial charge in [-0.15, -0.1) is 0 Å². The molecule has 0 spiro atoms. The summed E-state index contributed by atoms with van der Waals surface area (Å²) >= 11 is 6.37. The Hall–Kier alpha value is -3.37. The number of nitrogens with zero attached hydrogens (tertiary/aromatic N) is 1. The van der Waals surface area contributed by atoms with Crippen LogP contribution in [-0.2, 0) is 15.0 Å². The van der Waals surface area contributed by atoms with Gasteiger partial charge in [-0.05, 0) is 48.1 Å². The third kappa shape index (κ3) is 4.26. The van der Waals surface area contributed by atoms with Crippen molar-refractivity contribution in [3.05, 3.63) is 105 Å². The van der Waals surface area contributed by atoms with E-state index in [1.54, 1.807) is 24.3 Å². The minimum Gasteiger partial charge on any atom is -0.507 e. The van der Waals surface area contributed by atoms with E-state index in [0.717, 1.165) is 22.3 Å².